The number of rotatable bonds is 7. The summed E-state index contributed by atoms with van der Waals surface area (Å²) in [4.78, 5) is 12.0. The molecule has 8 heteroatoms. The fourth-order valence-corrected chi connectivity index (χ4v) is 2.00. The van der Waals surface area contributed by atoms with Crippen molar-refractivity contribution in [3.8, 4) is 5.75 Å². The predicted molar refractivity (Wildman–Crippen MR) is 82.7 cm³/mol. The number of carbonyl (C=O) groups is 1. The summed E-state index contributed by atoms with van der Waals surface area (Å²) in [7, 11) is 0. The molecule has 0 saturated carbocycles. The maximum atomic E-state index is 12.9. The Morgan fingerprint density at radius 2 is 2.17 bits per heavy atom. The molecule has 24 heavy (non-hydrogen) atoms. The van der Waals surface area contributed by atoms with Gasteiger partial charge in [0.15, 0.2) is 0 Å². The van der Waals surface area contributed by atoms with Gasteiger partial charge >= 0.3 is 6.18 Å². The molecule has 2 aromatic rings. The Morgan fingerprint density at radius 3 is 2.79 bits per heavy atom. The van der Waals surface area contributed by atoms with E-state index in [0.29, 0.717) is 19.6 Å². The van der Waals surface area contributed by atoms with Crippen LogP contribution >= 0.6 is 0 Å². The van der Waals surface area contributed by atoms with Crippen molar-refractivity contribution in [1.82, 2.24) is 9.78 Å². The van der Waals surface area contributed by atoms with Gasteiger partial charge in [0.25, 0.3) is 0 Å². The van der Waals surface area contributed by atoms with Gasteiger partial charge in [-0.2, -0.15) is 18.3 Å². The van der Waals surface area contributed by atoms with Crippen LogP contribution in [0.5, 0.6) is 5.75 Å². The number of alkyl halides is 3. The lowest BCUT2D eigenvalue weighted by atomic mass is 10.1. The minimum absolute atomic E-state index is 0.0174. The Hall–Kier alpha value is -2.51. The van der Waals surface area contributed by atoms with Gasteiger partial charge in [-0.3, -0.25) is 9.48 Å². The summed E-state index contributed by atoms with van der Waals surface area (Å²) in [6.45, 7) is 2.57. The summed E-state index contributed by atoms with van der Waals surface area (Å²) < 4.78 is 45.5. The van der Waals surface area contributed by atoms with Crippen LogP contribution in [0.25, 0.3) is 0 Å². The molecule has 0 atom stereocenters. The SMILES string of the molecule is CCCOc1ccc(C(F)(F)F)cc1NC(=O)CCn1cccn1. The van der Waals surface area contributed by atoms with Crippen LogP contribution < -0.4 is 10.1 Å². The van der Waals surface area contributed by atoms with E-state index in [0.717, 1.165) is 12.1 Å². The zero-order valence-corrected chi connectivity index (χ0v) is 13.1. The van der Waals surface area contributed by atoms with E-state index in [1.807, 2.05) is 6.92 Å². The van der Waals surface area contributed by atoms with Gasteiger partial charge in [0, 0.05) is 25.4 Å². The summed E-state index contributed by atoms with van der Waals surface area (Å²) in [6.07, 6.45) is -0.411. The monoisotopic (exact) mass is 341 g/mol. The van der Waals surface area contributed by atoms with E-state index in [2.05, 4.69) is 10.4 Å². The van der Waals surface area contributed by atoms with Crippen molar-refractivity contribution >= 4 is 11.6 Å². The normalized spacial score (nSPS) is 11.3. The molecule has 5 nitrogen and oxygen atoms in total. The van der Waals surface area contributed by atoms with Crippen LogP contribution in [-0.4, -0.2) is 22.3 Å². The zero-order chi connectivity index (χ0) is 17.6. The molecule has 0 aliphatic heterocycles. The van der Waals surface area contributed by atoms with E-state index in [1.165, 1.54) is 6.07 Å². The average Bonchev–Trinajstić information content (AvgIpc) is 3.04. The van der Waals surface area contributed by atoms with Gasteiger partial charge < -0.3 is 10.1 Å². The summed E-state index contributed by atoms with van der Waals surface area (Å²) in [5.41, 5.74) is -0.822. The topological polar surface area (TPSA) is 56.1 Å². The second-order valence-electron chi connectivity index (χ2n) is 5.12. The van der Waals surface area contributed by atoms with E-state index in [4.69, 9.17) is 4.74 Å². The molecule has 0 saturated heterocycles. The number of halogens is 3. The molecule has 0 spiro atoms. The molecule has 130 valence electrons. The fraction of sp³-hybridized carbons (Fsp3) is 0.375. The average molecular weight is 341 g/mol. The highest BCUT2D eigenvalue weighted by Gasteiger charge is 2.31. The molecule has 0 fully saturated rings. The first kappa shape index (κ1) is 17.8. The van der Waals surface area contributed by atoms with Crippen molar-refractivity contribution in [3.63, 3.8) is 0 Å². The highest BCUT2D eigenvalue weighted by atomic mass is 19.4. The number of aryl methyl sites for hydroxylation is 1. The Morgan fingerprint density at radius 1 is 1.38 bits per heavy atom. The van der Waals surface area contributed by atoms with Gasteiger partial charge in [0.1, 0.15) is 5.75 Å². The summed E-state index contributed by atoms with van der Waals surface area (Å²) >= 11 is 0. The van der Waals surface area contributed by atoms with Crippen LogP contribution in [-0.2, 0) is 17.5 Å². The number of anilines is 1. The predicted octanol–water partition coefficient (Wildman–Crippen LogP) is 3.72. The van der Waals surface area contributed by atoms with E-state index in [1.54, 1.807) is 23.1 Å². The number of hydrogen-bond acceptors (Lipinski definition) is 3. The van der Waals surface area contributed by atoms with Crippen molar-refractivity contribution in [2.24, 2.45) is 0 Å². The summed E-state index contributed by atoms with van der Waals surface area (Å²) in [5.74, 6) is -0.191. The smallest absolute Gasteiger partial charge is 0.416 e. The maximum absolute atomic E-state index is 12.9. The fourth-order valence-electron chi connectivity index (χ4n) is 2.00. The molecule has 2 rings (SSSR count). The number of benzene rings is 1. The van der Waals surface area contributed by atoms with Gasteiger partial charge in [-0.25, -0.2) is 0 Å². The third-order valence-electron chi connectivity index (χ3n) is 3.17. The van der Waals surface area contributed by atoms with Gasteiger partial charge in [0.05, 0.1) is 17.9 Å². The van der Waals surface area contributed by atoms with Crippen molar-refractivity contribution in [2.45, 2.75) is 32.5 Å². The lowest BCUT2D eigenvalue weighted by Crippen LogP contribution is -2.16. The molecule has 1 heterocycles. The van der Waals surface area contributed by atoms with Crippen molar-refractivity contribution in [2.75, 3.05) is 11.9 Å². The van der Waals surface area contributed by atoms with Crippen molar-refractivity contribution < 1.29 is 22.7 Å². The highest BCUT2D eigenvalue weighted by Crippen LogP contribution is 2.35. The van der Waals surface area contributed by atoms with Crippen LogP contribution in [0.3, 0.4) is 0 Å². The Kier molecular flexibility index (Phi) is 5.83. The Bertz CT molecular complexity index is 670. The van der Waals surface area contributed by atoms with Crippen LogP contribution in [0.15, 0.2) is 36.7 Å². The molecule has 1 aromatic carbocycles. The molecule has 0 radical (unpaired) electrons. The highest BCUT2D eigenvalue weighted by molar-refractivity contribution is 5.92. The van der Waals surface area contributed by atoms with Gasteiger partial charge in [-0.05, 0) is 30.7 Å². The molecular weight excluding hydrogens is 323 g/mol. The molecular formula is C16H18F3N3O2. The van der Waals surface area contributed by atoms with Crippen LogP contribution in [0, 0.1) is 0 Å². The van der Waals surface area contributed by atoms with Crippen molar-refractivity contribution in [3.05, 3.63) is 42.2 Å². The van der Waals surface area contributed by atoms with Crippen LogP contribution in [0.1, 0.15) is 25.3 Å². The van der Waals surface area contributed by atoms with E-state index < -0.39 is 17.6 Å². The second kappa shape index (κ2) is 7.85. The standard InChI is InChI=1S/C16H18F3N3O2/c1-2-10-24-14-5-4-12(16(17,18)19)11-13(14)21-15(23)6-9-22-8-3-7-20-22/h3-5,7-8,11H,2,6,9-10H2,1H3,(H,21,23). The minimum atomic E-state index is -4.49. The first-order valence-corrected chi connectivity index (χ1v) is 7.51. The lowest BCUT2D eigenvalue weighted by Gasteiger charge is -2.15. The largest absolute Gasteiger partial charge is 0.491 e. The lowest BCUT2D eigenvalue weighted by molar-refractivity contribution is -0.137. The van der Waals surface area contributed by atoms with Gasteiger partial charge in [-0.1, -0.05) is 6.92 Å². The molecule has 1 amide bonds. The molecule has 0 unspecified atom stereocenters. The molecule has 0 aliphatic rings. The zero-order valence-electron chi connectivity index (χ0n) is 13.1. The third kappa shape index (κ3) is 5.00. The number of aromatic nitrogens is 2. The maximum Gasteiger partial charge on any atom is 0.416 e. The van der Waals surface area contributed by atoms with E-state index in [-0.39, 0.29) is 17.9 Å². The Balaban J connectivity index is 2.10. The van der Waals surface area contributed by atoms with Gasteiger partial charge in [0.2, 0.25) is 5.91 Å². The molecule has 1 N–H and O–H groups in total. The Labute approximate surface area is 137 Å². The summed E-state index contributed by atoms with van der Waals surface area (Å²) in [5, 5.41) is 6.45. The van der Waals surface area contributed by atoms with Crippen LogP contribution in [0.2, 0.25) is 0 Å². The second-order valence-corrected chi connectivity index (χ2v) is 5.12. The molecule has 0 bridgehead atoms. The van der Waals surface area contributed by atoms with Crippen molar-refractivity contribution in [1.29, 1.82) is 0 Å². The van der Waals surface area contributed by atoms with Crippen LogP contribution in [0.4, 0.5) is 18.9 Å². The first-order chi connectivity index (χ1) is 11.4. The number of nitrogens with zero attached hydrogens (tertiary/aromatic N) is 2. The minimum Gasteiger partial charge on any atom is -0.491 e. The molecule has 0 aliphatic carbocycles. The molecule has 1 aromatic heterocycles. The number of nitrogens with one attached hydrogen (secondary N) is 1. The quantitative estimate of drug-likeness (QED) is 0.835. The van der Waals surface area contributed by atoms with E-state index in [9.17, 15) is 18.0 Å². The number of amides is 1. The first-order valence-electron chi connectivity index (χ1n) is 7.51. The number of ether oxygens (including phenoxy) is 1. The number of carbonyl (C=O) groups excluding carboxylic acids is 1. The number of hydrogen-bond donors (Lipinski definition) is 1. The van der Waals surface area contributed by atoms with E-state index >= 15 is 0 Å². The van der Waals surface area contributed by atoms with Gasteiger partial charge in [-0.15, -0.1) is 0 Å². The third-order valence-corrected chi connectivity index (χ3v) is 3.17. The summed E-state index contributed by atoms with van der Waals surface area (Å²) in [6, 6.07) is 4.77.